The average molecular weight is 355 g/mol. The van der Waals surface area contributed by atoms with Crippen LogP contribution in [0.1, 0.15) is 38.5 Å². The lowest BCUT2D eigenvalue weighted by atomic mass is 9.47. The smallest absolute Gasteiger partial charge is 0.406 e. The molecule has 4 aliphatic rings. The van der Waals surface area contributed by atoms with Crippen molar-refractivity contribution in [3.05, 3.63) is 24.3 Å². The summed E-state index contributed by atoms with van der Waals surface area (Å²) in [6.07, 6.45) is -0.0435. The van der Waals surface area contributed by atoms with Crippen molar-refractivity contribution in [2.24, 2.45) is 17.3 Å². The van der Waals surface area contributed by atoms with Gasteiger partial charge in [-0.25, -0.2) is 0 Å². The van der Waals surface area contributed by atoms with Crippen LogP contribution in [0, 0.1) is 17.3 Å². The van der Waals surface area contributed by atoms with Crippen LogP contribution in [0.2, 0.25) is 0 Å². The maximum atomic E-state index is 12.9. The maximum absolute atomic E-state index is 12.9. The van der Waals surface area contributed by atoms with E-state index in [1.165, 1.54) is 24.3 Å². The van der Waals surface area contributed by atoms with Gasteiger partial charge in [0.15, 0.2) is 0 Å². The van der Waals surface area contributed by atoms with Gasteiger partial charge in [-0.3, -0.25) is 4.79 Å². The fraction of sp³-hybridized carbons (Fsp3) is 0.611. The van der Waals surface area contributed by atoms with E-state index in [2.05, 4.69) is 10.1 Å². The largest absolute Gasteiger partial charge is 0.573 e. The predicted octanol–water partition coefficient (Wildman–Crippen LogP) is 3.86. The molecule has 4 saturated carbocycles. The van der Waals surface area contributed by atoms with Crippen molar-refractivity contribution in [2.45, 2.75) is 50.5 Å². The third kappa shape index (κ3) is 3.21. The predicted molar refractivity (Wildman–Crippen MR) is 83.8 cm³/mol. The number of carbonyl (C=O) groups excluding carboxylic acids is 1. The summed E-state index contributed by atoms with van der Waals surface area (Å²) in [5, 5.41) is 13.5. The van der Waals surface area contributed by atoms with Gasteiger partial charge in [0.05, 0.1) is 11.0 Å². The van der Waals surface area contributed by atoms with Crippen molar-refractivity contribution >= 4 is 11.6 Å². The highest BCUT2D eigenvalue weighted by Crippen LogP contribution is 2.61. The molecule has 0 radical (unpaired) electrons. The summed E-state index contributed by atoms with van der Waals surface area (Å²) >= 11 is 0. The Morgan fingerprint density at radius 2 is 1.72 bits per heavy atom. The highest BCUT2D eigenvalue weighted by atomic mass is 19.4. The van der Waals surface area contributed by atoms with E-state index in [9.17, 15) is 23.1 Å². The van der Waals surface area contributed by atoms with Gasteiger partial charge in [-0.05, 0) is 74.6 Å². The number of halogens is 3. The highest BCUT2D eigenvalue weighted by molar-refractivity contribution is 5.95. The first-order chi connectivity index (χ1) is 11.6. The minimum atomic E-state index is -4.74. The Balaban J connectivity index is 1.47. The zero-order valence-electron chi connectivity index (χ0n) is 13.6. The number of hydrogen-bond donors (Lipinski definition) is 2. The Morgan fingerprint density at radius 3 is 2.24 bits per heavy atom. The van der Waals surface area contributed by atoms with Crippen LogP contribution in [0.5, 0.6) is 5.75 Å². The number of aliphatic hydroxyl groups is 1. The number of ether oxygens (including phenoxy) is 1. The summed E-state index contributed by atoms with van der Waals surface area (Å²) < 4.78 is 40.4. The number of rotatable bonds is 3. The minimum absolute atomic E-state index is 0.135. The van der Waals surface area contributed by atoms with E-state index >= 15 is 0 Å². The monoisotopic (exact) mass is 355 g/mol. The molecular formula is C18H20F3NO3. The van der Waals surface area contributed by atoms with Crippen LogP contribution in [-0.2, 0) is 4.79 Å². The van der Waals surface area contributed by atoms with E-state index in [1.807, 2.05) is 0 Å². The zero-order chi connectivity index (χ0) is 17.9. The molecule has 0 aliphatic heterocycles. The first-order valence-corrected chi connectivity index (χ1v) is 8.55. The summed E-state index contributed by atoms with van der Waals surface area (Å²) in [5.74, 6) is 0.318. The quantitative estimate of drug-likeness (QED) is 0.866. The molecule has 4 aliphatic carbocycles. The van der Waals surface area contributed by atoms with Gasteiger partial charge in [-0.15, -0.1) is 13.2 Å². The van der Waals surface area contributed by atoms with E-state index in [0.29, 0.717) is 23.9 Å². The number of carbonyl (C=O) groups is 1. The van der Waals surface area contributed by atoms with Gasteiger partial charge in [0.25, 0.3) is 0 Å². The summed E-state index contributed by atoms with van der Waals surface area (Å²) in [7, 11) is 0. The van der Waals surface area contributed by atoms with Gasteiger partial charge >= 0.3 is 6.36 Å². The molecule has 1 aromatic carbocycles. The van der Waals surface area contributed by atoms with Crippen molar-refractivity contribution in [1.82, 2.24) is 0 Å². The van der Waals surface area contributed by atoms with Gasteiger partial charge in [0, 0.05) is 5.69 Å². The van der Waals surface area contributed by atoms with Crippen LogP contribution < -0.4 is 10.1 Å². The Hall–Kier alpha value is -1.76. The first-order valence-electron chi connectivity index (χ1n) is 8.55. The standard InChI is InChI=1S/C18H20F3NO3/c19-18(20,21)25-14-3-1-13(2-4-14)22-15(23)16-6-11-5-12(7-16)9-17(24,8-11)10-16/h1-4,11-12,24H,5-10H2,(H,22,23)/t11-,12+,16?,17?. The Labute approximate surface area is 143 Å². The highest BCUT2D eigenvalue weighted by Gasteiger charge is 2.60. The van der Waals surface area contributed by atoms with Crippen LogP contribution in [0.15, 0.2) is 24.3 Å². The molecule has 4 nitrogen and oxygen atoms in total. The second kappa shape index (κ2) is 5.37. The molecule has 0 aromatic heterocycles. The molecule has 4 bridgehead atoms. The normalized spacial score (nSPS) is 36.3. The maximum Gasteiger partial charge on any atom is 0.573 e. The lowest BCUT2D eigenvalue weighted by Gasteiger charge is -2.59. The number of nitrogens with one attached hydrogen (secondary N) is 1. The summed E-state index contributed by atoms with van der Waals surface area (Å²) in [6, 6.07) is 5.15. The molecule has 136 valence electrons. The molecule has 4 atom stereocenters. The van der Waals surface area contributed by atoms with Crippen LogP contribution in [-0.4, -0.2) is 23.0 Å². The Bertz CT molecular complexity index is 672. The lowest BCUT2D eigenvalue weighted by molar-refractivity contribution is -0.274. The third-order valence-electron chi connectivity index (χ3n) is 5.86. The molecule has 1 aromatic rings. The molecule has 0 saturated heterocycles. The van der Waals surface area contributed by atoms with Gasteiger partial charge in [0.1, 0.15) is 5.75 Å². The average Bonchev–Trinajstić information content (AvgIpc) is 2.45. The van der Waals surface area contributed by atoms with Gasteiger partial charge in [0.2, 0.25) is 5.91 Å². The van der Waals surface area contributed by atoms with E-state index < -0.39 is 17.4 Å². The van der Waals surface area contributed by atoms with Crippen LogP contribution in [0.3, 0.4) is 0 Å². The molecule has 0 spiro atoms. The SMILES string of the molecule is O=C(Nc1ccc(OC(F)(F)F)cc1)C12C[C@@H]3C[C@@H](CC(O)(C3)C1)C2. The van der Waals surface area contributed by atoms with Crippen molar-refractivity contribution in [3.63, 3.8) is 0 Å². The van der Waals surface area contributed by atoms with Gasteiger partial charge < -0.3 is 15.2 Å². The Morgan fingerprint density at radius 1 is 1.12 bits per heavy atom. The Kier molecular flexibility index (Phi) is 3.58. The first kappa shape index (κ1) is 16.7. The number of anilines is 1. The fourth-order valence-corrected chi connectivity index (χ4v) is 5.48. The van der Waals surface area contributed by atoms with Gasteiger partial charge in [-0.2, -0.15) is 0 Å². The van der Waals surface area contributed by atoms with Crippen LogP contribution in [0.4, 0.5) is 18.9 Å². The number of alkyl halides is 3. The fourth-order valence-electron chi connectivity index (χ4n) is 5.48. The topological polar surface area (TPSA) is 58.6 Å². The van der Waals surface area contributed by atoms with E-state index in [0.717, 1.165) is 32.1 Å². The van der Waals surface area contributed by atoms with Gasteiger partial charge in [-0.1, -0.05) is 0 Å². The molecule has 25 heavy (non-hydrogen) atoms. The number of benzene rings is 1. The molecule has 4 fully saturated rings. The van der Waals surface area contributed by atoms with Crippen LogP contribution >= 0.6 is 0 Å². The summed E-state index contributed by atoms with van der Waals surface area (Å²) in [6.45, 7) is 0. The van der Waals surface area contributed by atoms with E-state index in [1.54, 1.807) is 0 Å². The molecule has 2 unspecified atom stereocenters. The number of hydrogen-bond acceptors (Lipinski definition) is 3. The third-order valence-corrected chi connectivity index (χ3v) is 5.86. The van der Waals surface area contributed by atoms with Crippen molar-refractivity contribution in [2.75, 3.05) is 5.32 Å². The summed E-state index contributed by atoms with van der Waals surface area (Å²) in [4.78, 5) is 12.9. The van der Waals surface area contributed by atoms with Crippen molar-refractivity contribution in [3.8, 4) is 5.75 Å². The molecule has 1 amide bonds. The molecule has 7 heteroatoms. The van der Waals surface area contributed by atoms with E-state index in [-0.39, 0.29) is 11.7 Å². The minimum Gasteiger partial charge on any atom is -0.406 e. The van der Waals surface area contributed by atoms with Crippen LogP contribution in [0.25, 0.3) is 0 Å². The van der Waals surface area contributed by atoms with Crippen molar-refractivity contribution < 1.29 is 27.8 Å². The number of amides is 1. The molecule has 2 N–H and O–H groups in total. The van der Waals surface area contributed by atoms with Crippen molar-refractivity contribution in [1.29, 1.82) is 0 Å². The molecular weight excluding hydrogens is 335 g/mol. The molecule has 0 heterocycles. The molecule has 5 rings (SSSR count). The lowest BCUT2D eigenvalue weighted by Crippen LogP contribution is -2.59. The second-order valence-electron chi connectivity index (χ2n) is 7.99. The zero-order valence-corrected chi connectivity index (χ0v) is 13.6. The van der Waals surface area contributed by atoms with E-state index in [4.69, 9.17) is 0 Å². The summed E-state index contributed by atoms with van der Waals surface area (Å²) in [5.41, 5.74) is -0.853. The second-order valence-corrected chi connectivity index (χ2v) is 7.99.